The molecule has 4 heteroatoms. The van der Waals surface area contributed by atoms with Crippen molar-refractivity contribution in [3.63, 3.8) is 0 Å². The lowest BCUT2D eigenvalue weighted by Gasteiger charge is -2.34. The van der Waals surface area contributed by atoms with Crippen LogP contribution in [0.3, 0.4) is 0 Å². The van der Waals surface area contributed by atoms with Gasteiger partial charge in [-0.1, -0.05) is 12.8 Å². The van der Waals surface area contributed by atoms with Crippen LogP contribution in [0, 0.1) is 5.92 Å². The summed E-state index contributed by atoms with van der Waals surface area (Å²) in [7, 11) is 5.53. The van der Waals surface area contributed by atoms with E-state index in [0.717, 1.165) is 25.8 Å². The van der Waals surface area contributed by atoms with Gasteiger partial charge in [-0.3, -0.25) is 9.69 Å². The summed E-state index contributed by atoms with van der Waals surface area (Å²) in [6, 6.07) is -0.112. The molecule has 0 bridgehead atoms. The molecule has 1 N–H and O–H groups in total. The van der Waals surface area contributed by atoms with Gasteiger partial charge >= 0.3 is 0 Å². The van der Waals surface area contributed by atoms with Gasteiger partial charge in [0.1, 0.15) is 0 Å². The van der Waals surface area contributed by atoms with Gasteiger partial charge in [0.25, 0.3) is 0 Å². The fourth-order valence-corrected chi connectivity index (χ4v) is 2.49. The molecule has 1 aliphatic rings. The fourth-order valence-electron chi connectivity index (χ4n) is 2.49. The van der Waals surface area contributed by atoms with Gasteiger partial charge in [0.05, 0.1) is 12.1 Å². The first-order chi connectivity index (χ1) is 7.93. The van der Waals surface area contributed by atoms with Crippen LogP contribution in [0.5, 0.6) is 0 Å². The van der Waals surface area contributed by atoms with E-state index >= 15 is 0 Å². The van der Waals surface area contributed by atoms with Crippen LogP contribution in [0.4, 0.5) is 0 Å². The minimum atomic E-state index is -0.187. The van der Waals surface area contributed by atoms with E-state index in [0.29, 0.717) is 5.92 Å². The molecule has 0 radical (unpaired) electrons. The zero-order valence-electron chi connectivity index (χ0n) is 11.5. The van der Waals surface area contributed by atoms with Crippen LogP contribution in [0.15, 0.2) is 0 Å². The molecule has 1 rings (SSSR count). The number of carbonyl (C=O) groups is 1. The number of carbonyl (C=O) groups excluding carboxylic acids is 1. The third-order valence-corrected chi connectivity index (χ3v) is 3.85. The molecule has 1 aliphatic carbocycles. The summed E-state index contributed by atoms with van der Waals surface area (Å²) < 4.78 is 0. The molecule has 4 nitrogen and oxygen atoms in total. The van der Waals surface area contributed by atoms with Crippen molar-refractivity contribution in [3.8, 4) is 0 Å². The Hall–Kier alpha value is -0.610. The average molecular weight is 242 g/mol. The van der Waals surface area contributed by atoms with Gasteiger partial charge < -0.3 is 10.0 Å². The number of amides is 1. The maximum absolute atomic E-state index is 11.8. The van der Waals surface area contributed by atoms with Crippen molar-refractivity contribution < 1.29 is 9.90 Å². The number of rotatable bonds is 4. The molecule has 0 aromatic carbocycles. The number of hydrogen-bond acceptors (Lipinski definition) is 3. The zero-order chi connectivity index (χ0) is 13.0. The molecule has 0 spiro atoms. The predicted molar refractivity (Wildman–Crippen MR) is 68.8 cm³/mol. The molecule has 3 atom stereocenters. The van der Waals surface area contributed by atoms with Gasteiger partial charge in [-0.05, 0) is 32.7 Å². The summed E-state index contributed by atoms with van der Waals surface area (Å²) in [5.74, 6) is 0.448. The Bertz CT molecular complexity index is 256. The summed E-state index contributed by atoms with van der Waals surface area (Å²) in [5, 5.41) is 9.93. The molecule has 0 aliphatic heterocycles. The molecule has 1 saturated carbocycles. The van der Waals surface area contributed by atoms with Gasteiger partial charge in [0.15, 0.2) is 0 Å². The molecule has 17 heavy (non-hydrogen) atoms. The van der Waals surface area contributed by atoms with Crippen LogP contribution < -0.4 is 0 Å². The molecule has 1 fully saturated rings. The second-order valence-electron chi connectivity index (χ2n) is 5.46. The quantitative estimate of drug-likeness (QED) is 0.798. The van der Waals surface area contributed by atoms with Crippen LogP contribution in [0.25, 0.3) is 0 Å². The Morgan fingerprint density at radius 2 is 1.88 bits per heavy atom. The third kappa shape index (κ3) is 3.96. The smallest absolute Gasteiger partial charge is 0.239 e. The average Bonchev–Trinajstić information content (AvgIpc) is 2.30. The Morgan fingerprint density at radius 3 is 2.41 bits per heavy atom. The molecular formula is C13H26N2O2. The van der Waals surface area contributed by atoms with Gasteiger partial charge in [-0.15, -0.1) is 0 Å². The molecule has 0 saturated heterocycles. The number of aliphatic hydroxyl groups is 1. The Morgan fingerprint density at radius 1 is 1.29 bits per heavy atom. The van der Waals surface area contributed by atoms with Crippen molar-refractivity contribution in [2.75, 3.05) is 27.7 Å². The topological polar surface area (TPSA) is 43.8 Å². The highest BCUT2D eigenvalue weighted by molar-refractivity contribution is 5.80. The Labute approximate surface area is 105 Å². The first kappa shape index (κ1) is 14.5. The maximum atomic E-state index is 11.8. The molecule has 0 aromatic heterocycles. The highest BCUT2D eigenvalue weighted by Crippen LogP contribution is 2.25. The van der Waals surface area contributed by atoms with E-state index in [9.17, 15) is 9.90 Å². The minimum Gasteiger partial charge on any atom is -0.393 e. The van der Waals surface area contributed by atoms with Gasteiger partial charge in [-0.25, -0.2) is 0 Å². The lowest BCUT2D eigenvalue weighted by molar-refractivity contribution is -0.133. The number of aliphatic hydroxyl groups excluding tert-OH is 1. The van der Waals surface area contributed by atoms with Crippen molar-refractivity contribution in [2.45, 2.75) is 44.8 Å². The van der Waals surface area contributed by atoms with E-state index in [-0.39, 0.29) is 18.1 Å². The summed E-state index contributed by atoms with van der Waals surface area (Å²) in [6.45, 7) is 2.74. The zero-order valence-corrected chi connectivity index (χ0v) is 11.5. The highest BCUT2D eigenvalue weighted by Gasteiger charge is 2.27. The van der Waals surface area contributed by atoms with Crippen LogP contribution in [0.2, 0.25) is 0 Å². The van der Waals surface area contributed by atoms with E-state index in [1.807, 2.05) is 14.0 Å². The second-order valence-corrected chi connectivity index (χ2v) is 5.46. The molecule has 100 valence electrons. The van der Waals surface area contributed by atoms with Crippen LogP contribution in [-0.2, 0) is 4.79 Å². The summed E-state index contributed by atoms with van der Waals surface area (Å²) in [5.41, 5.74) is 0. The molecule has 0 aromatic rings. The van der Waals surface area contributed by atoms with Crippen LogP contribution >= 0.6 is 0 Å². The third-order valence-electron chi connectivity index (χ3n) is 3.85. The summed E-state index contributed by atoms with van der Waals surface area (Å²) in [6.07, 6.45) is 4.13. The normalized spacial score (nSPS) is 26.9. The van der Waals surface area contributed by atoms with E-state index in [4.69, 9.17) is 0 Å². The van der Waals surface area contributed by atoms with Crippen molar-refractivity contribution in [3.05, 3.63) is 0 Å². The monoisotopic (exact) mass is 242 g/mol. The molecule has 1 amide bonds. The van der Waals surface area contributed by atoms with Crippen molar-refractivity contribution >= 4 is 5.91 Å². The number of hydrogen-bond donors (Lipinski definition) is 1. The number of likely N-dealkylation sites (N-methyl/N-ethyl adjacent to an activating group) is 2. The van der Waals surface area contributed by atoms with Gasteiger partial charge in [0, 0.05) is 20.6 Å². The van der Waals surface area contributed by atoms with Crippen LogP contribution in [0.1, 0.15) is 32.6 Å². The fraction of sp³-hybridized carbons (Fsp3) is 0.923. The second kappa shape index (κ2) is 6.36. The largest absolute Gasteiger partial charge is 0.393 e. The lowest BCUT2D eigenvalue weighted by atomic mass is 9.86. The predicted octanol–water partition coefficient (Wildman–Crippen LogP) is 0.946. The summed E-state index contributed by atoms with van der Waals surface area (Å²) >= 11 is 0. The standard InChI is InChI=1S/C13H26N2O2/c1-10(13(17)14(2)3)15(4)9-11-7-5-6-8-12(11)16/h10-12,16H,5-9H2,1-4H3. The SMILES string of the molecule is CC(C(=O)N(C)C)N(C)CC1CCCCC1O. The number of nitrogens with zero attached hydrogens (tertiary/aromatic N) is 2. The summed E-state index contributed by atoms with van der Waals surface area (Å²) in [4.78, 5) is 15.5. The Balaban J connectivity index is 2.47. The van der Waals surface area contributed by atoms with Crippen molar-refractivity contribution in [1.82, 2.24) is 9.80 Å². The van der Waals surface area contributed by atoms with Crippen LogP contribution in [-0.4, -0.2) is 60.6 Å². The molecule has 0 heterocycles. The van der Waals surface area contributed by atoms with Crippen molar-refractivity contribution in [1.29, 1.82) is 0 Å². The Kier molecular flexibility index (Phi) is 5.40. The molecule has 3 unspecified atom stereocenters. The van der Waals surface area contributed by atoms with Gasteiger partial charge in [0.2, 0.25) is 5.91 Å². The van der Waals surface area contributed by atoms with E-state index in [1.54, 1.807) is 19.0 Å². The van der Waals surface area contributed by atoms with E-state index < -0.39 is 0 Å². The van der Waals surface area contributed by atoms with E-state index in [2.05, 4.69) is 4.90 Å². The minimum absolute atomic E-state index is 0.112. The van der Waals surface area contributed by atoms with Crippen molar-refractivity contribution in [2.24, 2.45) is 5.92 Å². The van der Waals surface area contributed by atoms with E-state index in [1.165, 1.54) is 6.42 Å². The highest BCUT2D eigenvalue weighted by atomic mass is 16.3. The molecular weight excluding hydrogens is 216 g/mol. The maximum Gasteiger partial charge on any atom is 0.239 e. The first-order valence-corrected chi connectivity index (χ1v) is 6.53. The first-order valence-electron chi connectivity index (χ1n) is 6.53. The lowest BCUT2D eigenvalue weighted by Crippen LogP contribution is -2.46. The van der Waals surface area contributed by atoms with Gasteiger partial charge in [-0.2, -0.15) is 0 Å².